The lowest BCUT2D eigenvalue weighted by atomic mass is 9.91. The highest BCUT2D eigenvalue weighted by Crippen LogP contribution is 2.24. The molecule has 5 nitrogen and oxygen atoms in total. The number of carbonyl (C=O) groups excluding carboxylic acids is 1. The SMILES string of the molecule is CC(CCC1CN(C(=O)OC(C)(C)C)C1)C(=O)O. The molecule has 18 heavy (non-hydrogen) atoms. The van der Waals surface area contributed by atoms with Crippen LogP contribution in [-0.4, -0.2) is 40.8 Å². The second-order valence-electron chi connectivity index (χ2n) is 6.07. The zero-order valence-corrected chi connectivity index (χ0v) is 11.6. The van der Waals surface area contributed by atoms with Crippen molar-refractivity contribution < 1.29 is 19.4 Å². The molecule has 1 saturated heterocycles. The molecule has 104 valence electrons. The van der Waals surface area contributed by atoms with E-state index in [1.54, 1.807) is 11.8 Å². The fourth-order valence-electron chi connectivity index (χ4n) is 1.84. The van der Waals surface area contributed by atoms with Gasteiger partial charge in [0.2, 0.25) is 0 Å². The van der Waals surface area contributed by atoms with Crippen molar-refractivity contribution in [1.82, 2.24) is 4.90 Å². The standard InChI is InChI=1S/C13H23NO4/c1-9(11(15)16)5-6-10-7-14(8-10)12(17)18-13(2,3)4/h9-10H,5-8H2,1-4H3,(H,15,16). The normalized spacial score (nSPS) is 18.1. The zero-order chi connectivity index (χ0) is 13.9. The van der Waals surface area contributed by atoms with Crippen LogP contribution in [0.25, 0.3) is 0 Å². The lowest BCUT2D eigenvalue weighted by Crippen LogP contribution is -2.51. The number of likely N-dealkylation sites (tertiary alicyclic amines) is 1. The number of carboxylic acids is 1. The van der Waals surface area contributed by atoms with Gasteiger partial charge in [-0.15, -0.1) is 0 Å². The van der Waals surface area contributed by atoms with Gasteiger partial charge in [0.15, 0.2) is 0 Å². The van der Waals surface area contributed by atoms with Crippen molar-refractivity contribution in [2.45, 2.75) is 46.1 Å². The van der Waals surface area contributed by atoms with Gasteiger partial charge in [0, 0.05) is 13.1 Å². The van der Waals surface area contributed by atoms with E-state index in [-0.39, 0.29) is 12.0 Å². The van der Waals surface area contributed by atoms with Gasteiger partial charge >= 0.3 is 12.1 Å². The number of ether oxygens (including phenoxy) is 1. The third kappa shape index (κ3) is 4.55. The molecular formula is C13H23NO4. The molecule has 0 spiro atoms. The van der Waals surface area contributed by atoms with Crippen molar-refractivity contribution >= 4 is 12.1 Å². The largest absolute Gasteiger partial charge is 0.481 e. The van der Waals surface area contributed by atoms with Crippen molar-refractivity contribution in [1.29, 1.82) is 0 Å². The van der Waals surface area contributed by atoms with Gasteiger partial charge in [0.05, 0.1) is 5.92 Å². The number of nitrogens with zero attached hydrogens (tertiary/aromatic N) is 1. The van der Waals surface area contributed by atoms with Crippen LogP contribution in [0.5, 0.6) is 0 Å². The van der Waals surface area contributed by atoms with Crippen molar-refractivity contribution in [3.05, 3.63) is 0 Å². The van der Waals surface area contributed by atoms with Crippen LogP contribution in [0.1, 0.15) is 40.5 Å². The molecule has 1 unspecified atom stereocenters. The van der Waals surface area contributed by atoms with Crippen LogP contribution in [0.3, 0.4) is 0 Å². The van der Waals surface area contributed by atoms with Crippen LogP contribution in [0.15, 0.2) is 0 Å². The maximum Gasteiger partial charge on any atom is 0.410 e. The third-order valence-electron chi connectivity index (χ3n) is 3.04. The van der Waals surface area contributed by atoms with Gasteiger partial charge < -0.3 is 14.7 Å². The summed E-state index contributed by atoms with van der Waals surface area (Å²) in [5.41, 5.74) is -0.458. The fraction of sp³-hybridized carbons (Fsp3) is 0.846. The number of rotatable bonds is 4. The molecule has 0 aliphatic carbocycles. The smallest absolute Gasteiger partial charge is 0.410 e. The summed E-state index contributed by atoms with van der Waals surface area (Å²) in [7, 11) is 0. The van der Waals surface area contributed by atoms with Crippen molar-refractivity contribution in [2.24, 2.45) is 11.8 Å². The summed E-state index contributed by atoms with van der Waals surface area (Å²) >= 11 is 0. The summed E-state index contributed by atoms with van der Waals surface area (Å²) in [6.45, 7) is 8.61. The monoisotopic (exact) mass is 257 g/mol. The van der Waals surface area contributed by atoms with E-state index < -0.39 is 11.6 Å². The van der Waals surface area contributed by atoms with E-state index in [1.165, 1.54) is 0 Å². The first kappa shape index (κ1) is 14.8. The lowest BCUT2D eigenvalue weighted by Gasteiger charge is -2.40. The molecule has 5 heteroatoms. The quantitative estimate of drug-likeness (QED) is 0.839. The Balaban J connectivity index is 2.20. The minimum atomic E-state index is -0.752. The second kappa shape index (κ2) is 5.59. The molecule has 1 fully saturated rings. The first-order chi connectivity index (χ1) is 8.19. The molecule has 1 rings (SSSR count). The first-order valence-corrected chi connectivity index (χ1v) is 6.40. The van der Waals surface area contributed by atoms with E-state index in [2.05, 4.69) is 0 Å². The topological polar surface area (TPSA) is 66.8 Å². The van der Waals surface area contributed by atoms with Crippen LogP contribution in [0.4, 0.5) is 4.79 Å². The van der Waals surface area contributed by atoms with Gasteiger partial charge in [-0.3, -0.25) is 4.79 Å². The third-order valence-corrected chi connectivity index (χ3v) is 3.04. The molecular weight excluding hydrogens is 234 g/mol. The van der Waals surface area contributed by atoms with Crippen LogP contribution in [0.2, 0.25) is 0 Å². The van der Waals surface area contributed by atoms with E-state index in [0.717, 1.165) is 6.42 Å². The lowest BCUT2D eigenvalue weighted by molar-refractivity contribution is -0.141. The number of carboxylic acid groups (broad SMARTS) is 1. The van der Waals surface area contributed by atoms with Crippen molar-refractivity contribution in [3.63, 3.8) is 0 Å². The maximum atomic E-state index is 11.6. The highest BCUT2D eigenvalue weighted by atomic mass is 16.6. The number of hydrogen-bond donors (Lipinski definition) is 1. The molecule has 1 aliphatic rings. The zero-order valence-electron chi connectivity index (χ0n) is 11.6. The number of aliphatic carboxylic acids is 1. The molecule has 0 aromatic heterocycles. The predicted molar refractivity (Wildman–Crippen MR) is 67.3 cm³/mol. The molecule has 1 amide bonds. The summed E-state index contributed by atoms with van der Waals surface area (Å²) in [6, 6.07) is 0. The average Bonchev–Trinajstić information content (AvgIpc) is 2.11. The molecule has 1 aliphatic heterocycles. The minimum absolute atomic E-state index is 0.273. The molecule has 0 radical (unpaired) electrons. The molecule has 1 heterocycles. The van der Waals surface area contributed by atoms with Crippen LogP contribution in [-0.2, 0) is 9.53 Å². The van der Waals surface area contributed by atoms with Crippen LogP contribution in [0, 0.1) is 11.8 Å². The highest BCUT2D eigenvalue weighted by molar-refractivity contribution is 5.69. The van der Waals surface area contributed by atoms with E-state index in [1.807, 2.05) is 20.8 Å². The Morgan fingerprint density at radius 1 is 1.39 bits per heavy atom. The van der Waals surface area contributed by atoms with Gasteiger partial charge in [-0.25, -0.2) is 4.79 Å². The summed E-state index contributed by atoms with van der Waals surface area (Å²) in [4.78, 5) is 24.0. The Labute approximate surface area is 108 Å². The average molecular weight is 257 g/mol. The second-order valence-corrected chi connectivity index (χ2v) is 6.07. The Morgan fingerprint density at radius 2 is 1.94 bits per heavy atom. The molecule has 0 aromatic carbocycles. The summed E-state index contributed by atoms with van der Waals surface area (Å²) in [5, 5.41) is 8.77. The van der Waals surface area contributed by atoms with E-state index >= 15 is 0 Å². The number of hydrogen-bond acceptors (Lipinski definition) is 3. The van der Waals surface area contributed by atoms with Gasteiger partial charge in [-0.1, -0.05) is 6.92 Å². The van der Waals surface area contributed by atoms with E-state index in [0.29, 0.717) is 25.4 Å². The van der Waals surface area contributed by atoms with Crippen molar-refractivity contribution in [3.8, 4) is 0 Å². The van der Waals surface area contributed by atoms with Crippen LogP contribution < -0.4 is 0 Å². The number of amides is 1. The number of carbonyl (C=O) groups is 2. The summed E-state index contributed by atoms with van der Waals surface area (Å²) < 4.78 is 5.25. The first-order valence-electron chi connectivity index (χ1n) is 6.40. The molecule has 1 atom stereocenters. The fourth-order valence-corrected chi connectivity index (χ4v) is 1.84. The molecule has 0 saturated carbocycles. The minimum Gasteiger partial charge on any atom is -0.481 e. The molecule has 0 bridgehead atoms. The Hall–Kier alpha value is -1.26. The Morgan fingerprint density at radius 3 is 2.39 bits per heavy atom. The Bertz CT molecular complexity index is 315. The van der Waals surface area contributed by atoms with Gasteiger partial charge in [-0.05, 0) is 39.5 Å². The van der Waals surface area contributed by atoms with E-state index in [9.17, 15) is 9.59 Å². The Kier molecular flexibility index (Phi) is 4.59. The summed E-state index contributed by atoms with van der Waals surface area (Å²) in [6.07, 6.45) is 1.25. The summed E-state index contributed by atoms with van der Waals surface area (Å²) in [5.74, 6) is -0.641. The van der Waals surface area contributed by atoms with E-state index in [4.69, 9.17) is 9.84 Å². The van der Waals surface area contributed by atoms with Crippen molar-refractivity contribution in [2.75, 3.05) is 13.1 Å². The predicted octanol–water partition coefficient (Wildman–Crippen LogP) is 2.35. The maximum absolute atomic E-state index is 11.6. The van der Waals surface area contributed by atoms with Crippen LogP contribution >= 0.6 is 0 Å². The van der Waals surface area contributed by atoms with Gasteiger partial charge in [0.1, 0.15) is 5.60 Å². The van der Waals surface area contributed by atoms with Gasteiger partial charge in [-0.2, -0.15) is 0 Å². The molecule has 0 aromatic rings. The highest BCUT2D eigenvalue weighted by Gasteiger charge is 2.33. The van der Waals surface area contributed by atoms with Gasteiger partial charge in [0.25, 0.3) is 0 Å². The molecule has 1 N–H and O–H groups in total.